The Balaban J connectivity index is 1.36. The Morgan fingerprint density at radius 3 is 1.91 bits per heavy atom. The van der Waals surface area contributed by atoms with E-state index in [0.29, 0.717) is 0 Å². The van der Waals surface area contributed by atoms with Crippen LogP contribution in [0.4, 0.5) is 17.1 Å². The molecule has 1 aromatic heterocycles. The van der Waals surface area contributed by atoms with Crippen LogP contribution in [0, 0.1) is 0 Å². The summed E-state index contributed by atoms with van der Waals surface area (Å²) in [6, 6.07) is 59.8. The summed E-state index contributed by atoms with van der Waals surface area (Å²) in [4.78, 5) is 2.47. The highest BCUT2D eigenvalue weighted by atomic mass is 32.1. The lowest BCUT2D eigenvalue weighted by Crippen LogP contribution is -2.11. The Kier molecular flexibility index (Phi) is 5.75. The Hall–Kier alpha value is -5.44. The smallest absolute Gasteiger partial charge is 0.0640 e. The van der Waals surface area contributed by atoms with Crippen molar-refractivity contribution in [1.29, 1.82) is 0 Å². The number of para-hydroxylation sites is 1. The van der Waals surface area contributed by atoms with Crippen molar-refractivity contribution >= 4 is 80.9 Å². The van der Waals surface area contributed by atoms with Crippen LogP contribution in [-0.2, 0) is 0 Å². The maximum Gasteiger partial charge on any atom is 0.0640 e. The fourth-order valence-electron chi connectivity index (χ4n) is 6.79. The van der Waals surface area contributed by atoms with E-state index in [2.05, 4.69) is 169 Å². The molecule has 0 saturated carbocycles. The molecule has 206 valence electrons. The third kappa shape index (κ3) is 3.92. The Morgan fingerprint density at radius 1 is 0.386 bits per heavy atom. The molecule has 1 heterocycles. The number of fused-ring (bicyclic) bond motifs is 8. The minimum Gasteiger partial charge on any atom is -0.308 e. The van der Waals surface area contributed by atoms with E-state index in [0.717, 1.165) is 11.4 Å². The molecule has 0 aliphatic rings. The molecule has 9 rings (SSSR count). The number of hydrogen-bond donors (Lipinski definition) is 0. The van der Waals surface area contributed by atoms with Crippen LogP contribution in [0.25, 0.3) is 63.6 Å². The van der Waals surface area contributed by atoms with Gasteiger partial charge in [0.1, 0.15) is 0 Å². The molecule has 0 spiro atoms. The molecule has 44 heavy (non-hydrogen) atoms. The summed E-state index contributed by atoms with van der Waals surface area (Å²) < 4.78 is 2.60. The van der Waals surface area contributed by atoms with Gasteiger partial charge in [0.2, 0.25) is 0 Å². The summed E-state index contributed by atoms with van der Waals surface area (Å²) in [5.41, 5.74) is 5.90. The van der Waals surface area contributed by atoms with Crippen molar-refractivity contribution in [2.24, 2.45) is 0 Å². The summed E-state index contributed by atoms with van der Waals surface area (Å²) in [6.45, 7) is 0. The van der Waals surface area contributed by atoms with Gasteiger partial charge in [-0.25, -0.2) is 0 Å². The quantitative estimate of drug-likeness (QED) is 0.188. The first-order valence-corrected chi connectivity index (χ1v) is 15.8. The van der Waals surface area contributed by atoms with Crippen molar-refractivity contribution < 1.29 is 0 Å². The van der Waals surface area contributed by atoms with Crippen molar-refractivity contribution in [3.05, 3.63) is 164 Å². The van der Waals surface area contributed by atoms with E-state index in [4.69, 9.17) is 0 Å². The molecule has 0 radical (unpaired) electrons. The van der Waals surface area contributed by atoms with Crippen LogP contribution in [0.1, 0.15) is 0 Å². The van der Waals surface area contributed by atoms with Crippen LogP contribution < -0.4 is 4.90 Å². The van der Waals surface area contributed by atoms with Gasteiger partial charge in [-0.1, -0.05) is 133 Å². The van der Waals surface area contributed by atoms with E-state index in [-0.39, 0.29) is 0 Å². The number of anilines is 3. The fraction of sp³-hybridized carbons (Fsp3) is 0. The van der Waals surface area contributed by atoms with E-state index in [1.807, 2.05) is 11.3 Å². The molecular formula is C42H27NS. The Labute approximate surface area is 259 Å². The largest absolute Gasteiger partial charge is 0.308 e. The van der Waals surface area contributed by atoms with Crippen LogP contribution in [0.15, 0.2) is 164 Å². The highest BCUT2D eigenvalue weighted by Gasteiger charge is 2.21. The van der Waals surface area contributed by atoms with Crippen LogP contribution in [-0.4, -0.2) is 0 Å². The molecule has 0 amide bonds. The molecule has 0 fully saturated rings. The number of nitrogens with zero attached hydrogens (tertiary/aromatic N) is 1. The average Bonchev–Trinajstić information content (AvgIpc) is 3.48. The highest BCUT2D eigenvalue weighted by molar-refractivity contribution is 7.26. The number of rotatable bonds is 4. The number of thiophene rings is 1. The number of hydrogen-bond acceptors (Lipinski definition) is 2. The minimum absolute atomic E-state index is 1.14. The molecule has 0 bridgehead atoms. The lowest BCUT2D eigenvalue weighted by molar-refractivity contribution is 1.31. The maximum atomic E-state index is 2.47. The summed E-state index contributed by atoms with van der Waals surface area (Å²) in [5, 5.41) is 10.2. The molecule has 8 aromatic carbocycles. The van der Waals surface area contributed by atoms with Crippen LogP contribution >= 0.6 is 11.3 Å². The zero-order valence-corrected chi connectivity index (χ0v) is 24.8. The Bertz CT molecular complexity index is 2510. The SMILES string of the molecule is c1ccc(-c2ccccc2N(c2ccc3ccc4c5ccccc5ccc4c3c2)c2cccc3c2sc2ccccc23)cc1. The predicted octanol–water partition coefficient (Wildman–Crippen LogP) is 12.7. The van der Waals surface area contributed by atoms with Gasteiger partial charge >= 0.3 is 0 Å². The van der Waals surface area contributed by atoms with Gasteiger partial charge in [0.05, 0.1) is 16.1 Å². The van der Waals surface area contributed by atoms with Gasteiger partial charge in [-0.2, -0.15) is 0 Å². The van der Waals surface area contributed by atoms with Crippen molar-refractivity contribution in [2.45, 2.75) is 0 Å². The van der Waals surface area contributed by atoms with Crippen LogP contribution in [0.5, 0.6) is 0 Å². The van der Waals surface area contributed by atoms with Gasteiger partial charge < -0.3 is 4.90 Å². The average molecular weight is 578 g/mol. The topological polar surface area (TPSA) is 3.24 Å². The molecule has 0 aliphatic carbocycles. The molecule has 0 atom stereocenters. The molecule has 9 aromatic rings. The molecule has 0 aliphatic heterocycles. The second-order valence-electron chi connectivity index (χ2n) is 11.3. The standard InChI is InChI=1S/C42H27NS/c1-2-11-28(12-3-1)33-15-6-8-18-39(33)43(40-19-10-17-37-36-16-7-9-20-41(36)44-42(37)40)31-24-21-30-23-25-34-32-14-5-4-13-29(32)22-26-35(34)38(30)27-31/h1-27H. The second-order valence-corrected chi connectivity index (χ2v) is 12.4. The van der Waals surface area contributed by atoms with Gasteiger partial charge in [-0.3, -0.25) is 0 Å². The molecule has 0 N–H and O–H groups in total. The molecule has 1 nitrogen and oxygen atoms in total. The van der Waals surface area contributed by atoms with Gasteiger partial charge in [0.15, 0.2) is 0 Å². The predicted molar refractivity (Wildman–Crippen MR) is 192 cm³/mol. The van der Waals surface area contributed by atoms with E-state index in [1.54, 1.807) is 0 Å². The maximum absolute atomic E-state index is 2.47. The first kappa shape index (κ1) is 25.1. The van der Waals surface area contributed by atoms with Crippen molar-refractivity contribution in [1.82, 2.24) is 0 Å². The molecule has 2 heteroatoms. The lowest BCUT2D eigenvalue weighted by Gasteiger charge is -2.29. The second kappa shape index (κ2) is 10.1. The first-order chi connectivity index (χ1) is 21.8. The summed E-state index contributed by atoms with van der Waals surface area (Å²) >= 11 is 1.87. The van der Waals surface area contributed by atoms with E-state index in [9.17, 15) is 0 Å². The number of benzene rings is 8. The van der Waals surface area contributed by atoms with Crippen molar-refractivity contribution in [3.8, 4) is 11.1 Å². The van der Waals surface area contributed by atoms with Gasteiger partial charge in [-0.15, -0.1) is 11.3 Å². The van der Waals surface area contributed by atoms with Crippen molar-refractivity contribution in [3.63, 3.8) is 0 Å². The summed E-state index contributed by atoms with van der Waals surface area (Å²) in [7, 11) is 0. The van der Waals surface area contributed by atoms with Gasteiger partial charge in [-0.05, 0) is 68.2 Å². The molecule has 0 saturated heterocycles. The first-order valence-electron chi connectivity index (χ1n) is 15.0. The monoisotopic (exact) mass is 577 g/mol. The molecule has 0 unspecified atom stereocenters. The summed E-state index contributed by atoms with van der Waals surface area (Å²) in [5.74, 6) is 0. The Morgan fingerprint density at radius 2 is 1.02 bits per heavy atom. The third-order valence-electron chi connectivity index (χ3n) is 8.84. The van der Waals surface area contributed by atoms with Crippen LogP contribution in [0.2, 0.25) is 0 Å². The molecular weight excluding hydrogens is 551 g/mol. The van der Waals surface area contributed by atoms with Gasteiger partial charge in [0, 0.05) is 26.7 Å². The van der Waals surface area contributed by atoms with E-state index in [1.165, 1.54) is 69.3 Å². The highest BCUT2D eigenvalue weighted by Crippen LogP contribution is 2.47. The fourth-order valence-corrected chi connectivity index (χ4v) is 8.00. The zero-order chi connectivity index (χ0) is 29.0. The normalized spacial score (nSPS) is 11.6. The lowest BCUT2D eigenvalue weighted by atomic mass is 9.96. The summed E-state index contributed by atoms with van der Waals surface area (Å²) in [6.07, 6.45) is 0. The van der Waals surface area contributed by atoms with Crippen molar-refractivity contribution in [2.75, 3.05) is 4.90 Å². The van der Waals surface area contributed by atoms with Gasteiger partial charge in [0.25, 0.3) is 0 Å². The third-order valence-corrected chi connectivity index (χ3v) is 10.0. The minimum atomic E-state index is 1.14. The van der Waals surface area contributed by atoms with Crippen LogP contribution in [0.3, 0.4) is 0 Å². The van der Waals surface area contributed by atoms with E-state index >= 15 is 0 Å². The zero-order valence-electron chi connectivity index (χ0n) is 23.9. The van der Waals surface area contributed by atoms with E-state index < -0.39 is 0 Å².